The van der Waals surface area contributed by atoms with Crippen LogP contribution in [0.1, 0.15) is 24.0 Å². The first kappa shape index (κ1) is 17.1. The Hall–Kier alpha value is -2.99. The van der Waals surface area contributed by atoms with E-state index in [1.54, 1.807) is 0 Å². The molecular weight excluding hydrogens is 354 g/mol. The third kappa shape index (κ3) is 2.81. The van der Waals surface area contributed by atoms with Crippen molar-refractivity contribution >= 4 is 17.8 Å². The van der Waals surface area contributed by atoms with Gasteiger partial charge < -0.3 is 25.0 Å². The summed E-state index contributed by atoms with van der Waals surface area (Å²) in [7, 11) is 0. The molecule has 6 nitrogen and oxygen atoms in total. The fourth-order valence-electron chi connectivity index (χ4n) is 4.51. The lowest BCUT2D eigenvalue weighted by atomic mass is 9.72. The lowest BCUT2D eigenvalue weighted by Crippen LogP contribution is -2.74. The number of piperidine rings is 1. The van der Waals surface area contributed by atoms with Gasteiger partial charge in [0, 0.05) is 30.8 Å². The second-order valence-electron chi connectivity index (χ2n) is 7.39. The Balaban J connectivity index is 1.31. The fourth-order valence-corrected chi connectivity index (χ4v) is 4.51. The van der Waals surface area contributed by atoms with E-state index in [4.69, 9.17) is 9.47 Å². The maximum Gasteiger partial charge on any atom is 0.322 e. The molecule has 3 heterocycles. The highest BCUT2D eigenvalue weighted by molar-refractivity contribution is 5.91. The van der Waals surface area contributed by atoms with Crippen LogP contribution in [0.25, 0.3) is 6.08 Å². The highest BCUT2D eigenvalue weighted by Crippen LogP contribution is 2.43. The Kier molecular flexibility index (Phi) is 4.20. The van der Waals surface area contributed by atoms with Gasteiger partial charge in [-0.3, -0.25) is 0 Å². The van der Waals surface area contributed by atoms with Crippen molar-refractivity contribution in [3.05, 3.63) is 59.7 Å². The molecule has 3 aliphatic heterocycles. The van der Waals surface area contributed by atoms with Gasteiger partial charge in [-0.25, -0.2) is 4.79 Å². The molecule has 0 saturated carbocycles. The van der Waals surface area contributed by atoms with Crippen LogP contribution in [-0.4, -0.2) is 42.9 Å². The summed E-state index contributed by atoms with van der Waals surface area (Å²) in [5.41, 5.74) is 3.22. The smallest absolute Gasteiger partial charge is 0.322 e. The first-order chi connectivity index (χ1) is 13.7. The van der Waals surface area contributed by atoms with Crippen molar-refractivity contribution in [2.45, 2.75) is 24.9 Å². The number of nitrogens with one attached hydrogen (secondary N) is 2. The number of amides is 2. The van der Waals surface area contributed by atoms with Gasteiger partial charge in [0.05, 0.1) is 12.1 Å². The van der Waals surface area contributed by atoms with Crippen LogP contribution in [0.4, 0.5) is 10.5 Å². The SMILES string of the molecule is C/C=C/c1ccc(C2[C@H]3CNC[C@@H]2N3C(=O)Nc2ccc3c(c2)OCO3)cc1. The molecular formula is C22H23N3O3. The van der Waals surface area contributed by atoms with Crippen molar-refractivity contribution in [1.82, 2.24) is 10.2 Å². The van der Waals surface area contributed by atoms with E-state index in [2.05, 4.69) is 41.0 Å². The zero-order valence-corrected chi connectivity index (χ0v) is 15.7. The summed E-state index contributed by atoms with van der Waals surface area (Å²) in [5, 5.41) is 6.44. The first-order valence-electron chi connectivity index (χ1n) is 9.67. The number of allylic oxidation sites excluding steroid dienone is 1. The van der Waals surface area contributed by atoms with Crippen LogP contribution < -0.4 is 20.1 Å². The summed E-state index contributed by atoms with van der Waals surface area (Å²) < 4.78 is 10.7. The minimum absolute atomic E-state index is 0.0582. The van der Waals surface area contributed by atoms with Gasteiger partial charge in [0.2, 0.25) is 6.79 Å². The van der Waals surface area contributed by atoms with Gasteiger partial charge in [0.1, 0.15) is 0 Å². The van der Waals surface area contributed by atoms with Gasteiger partial charge in [-0.15, -0.1) is 0 Å². The van der Waals surface area contributed by atoms with Crippen molar-refractivity contribution in [3.8, 4) is 11.5 Å². The largest absolute Gasteiger partial charge is 0.454 e. The second kappa shape index (κ2) is 6.87. The van der Waals surface area contributed by atoms with Gasteiger partial charge >= 0.3 is 6.03 Å². The van der Waals surface area contributed by atoms with Crippen molar-refractivity contribution in [1.29, 1.82) is 0 Å². The Morgan fingerprint density at radius 1 is 1.11 bits per heavy atom. The van der Waals surface area contributed by atoms with Crippen LogP contribution in [0.5, 0.6) is 11.5 Å². The van der Waals surface area contributed by atoms with Crippen molar-refractivity contribution in [3.63, 3.8) is 0 Å². The van der Waals surface area contributed by atoms with E-state index in [1.807, 2.05) is 36.1 Å². The molecule has 5 rings (SSSR count). The van der Waals surface area contributed by atoms with Crippen molar-refractivity contribution in [2.75, 3.05) is 25.2 Å². The summed E-state index contributed by atoms with van der Waals surface area (Å²) in [4.78, 5) is 14.9. The van der Waals surface area contributed by atoms with E-state index in [-0.39, 0.29) is 24.9 Å². The predicted molar refractivity (Wildman–Crippen MR) is 108 cm³/mol. The number of fused-ring (bicyclic) bond motifs is 3. The lowest BCUT2D eigenvalue weighted by molar-refractivity contribution is 0.00201. The third-order valence-corrected chi connectivity index (χ3v) is 5.79. The number of carbonyl (C=O) groups is 1. The topological polar surface area (TPSA) is 62.8 Å². The van der Waals surface area contributed by atoms with Crippen molar-refractivity contribution in [2.24, 2.45) is 0 Å². The van der Waals surface area contributed by atoms with Gasteiger partial charge in [0.25, 0.3) is 0 Å². The van der Waals surface area contributed by atoms with Crippen LogP contribution in [0.2, 0.25) is 0 Å². The molecule has 0 aliphatic carbocycles. The standard InChI is InChI=1S/C22H23N3O3/c1-2-3-14-4-6-15(7-5-14)21-17-11-23-12-18(21)25(17)22(26)24-16-8-9-19-20(10-16)28-13-27-19/h2-10,17-18,21,23H,11-13H2,1H3,(H,24,26)/b3-2+/t17-,18+,21?. The second-order valence-corrected chi connectivity index (χ2v) is 7.39. The van der Waals surface area contributed by atoms with Crippen LogP contribution in [-0.2, 0) is 0 Å². The van der Waals surface area contributed by atoms with E-state index in [0.717, 1.165) is 18.8 Å². The number of hydrogen-bond donors (Lipinski definition) is 2. The number of likely N-dealkylation sites (tertiary alicyclic amines) is 1. The molecule has 1 unspecified atom stereocenters. The van der Waals surface area contributed by atoms with Crippen LogP contribution >= 0.6 is 0 Å². The summed E-state index contributed by atoms with van der Waals surface area (Å²) in [6, 6.07) is 14.4. The highest BCUT2D eigenvalue weighted by atomic mass is 16.7. The normalized spacial score (nSPS) is 24.9. The maximum atomic E-state index is 12.9. The van der Waals surface area contributed by atoms with Crippen molar-refractivity contribution < 1.29 is 14.3 Å². The summed E-state index contributed by atoms with van der Waals surface area (Å²) in [5.74, 6) is 1.76. The summed E-state index contributed by atoms with van der Waals surface area (Å²) >= 11 is 0. The minimum Gasteiger partial charge on any atom is -0.454 e. The number of nitrogens with zero attached hydrogens (tertiary/aromatic N) is 1. The Morgan fingerprint density at radius 3 is 2.61 bits per heavy atom. The number of carbonyl (C=O) groups excluding carboxylic acids is 1. The molecule has 2 aromatic carbocycles. The zero-order chi connectivity index (χ0) is 19.1. The number of ether oxygens (including phenoxy) is 2. The van der Waals surface area contributed by atoms with Crippen LogP contribution in [0.15, 0.2) is 48.5 Å². The van der Waals surface area contributed by atoms with Gasteiger partial charge in [-0.2, -0.15) is 0 Å². The average molecular weight is 377 g/mol. The molecule has 2 N–H and O–H groups in total. The molecule has 28 heavy (non-hydrogen) atoms. The third-order valence-electron chi connectivity index (χ3n) is 5.79. The van der Waals surface area contributed by atoms with Gasteiger partial charge in [0.15, 0.2) is 11.5 Å². The Labute approximate surface area is 164 Å². The van der Waals surface area contributed by atoms with E-state index < -0.39 is 0 Å². The molecule has 2 bridgehead atoms. The van der Waals surface area contributed by atoms with E-state index in [9.17, 15) is 4.79 Å². The fraction of sp³-hybridized carbons (Fsp3) is 0.318. The van der Waals surface area contributed by atoms with Gasteiger partial charge in [-0.05, 0) is 30.2 Å². The zero-order valence-electron chi connectivity index (χ0n) is 15.7. The van der Waals surface area contributed by atoms with E-state index >= 15 is 0 Å². The summed E-state index contributed by atoms with van der Waals surface area (Å²) in [6.07, 6.45) is 4.14. The number of benzene rings is 2. The molecule has 3 atom stereocenters. The van der Waals surface area contributed by atoms with E-state index in [0.29, 0.717) is 17.4 Å². The lowest BCUT2D eigenvalue weighted by Gasteiger charge is -2.59. The first-order valence-corrected chi connectivity index (χ1v) is 9.67. The quantitative estimate of drug-likeness (QED) is 0.860. The molecule has 0 spiro atoms. The number of urea groups is 1. The van der Waals surface area contributed by atoms with E-state index in [1.165, 1.54) is 11.1 Å². The minimum atomic E-state index is -0.0582. The monoisotopic (exact) mass is 377 g/mol. The number of hydrogen-bond acceptors (Lipinski definition) is 4. The molecule has 0 aromatic heterocycles. The number of rotatable bonds is 3. The highest BCUT2D eigenvalue weighted by Gasteiger charge is 2.53. The molecule has 6 heteroatoms. The Morgan fingerprint density at radius 2 is 1.86 bits per heavy atom. The molecule has 3 aliphatic rings. The summed E-state index contributed by atoms with van der Waals surface area (Å²) in [6.45, 7) is 3.87. The number of piperazine rings is 1. The maximum absolute atomic E-state index is 12.9. The van der Waals surface area contributed by atoms with Gasteiger partial charge in [-0.1, -0.05) is 36.4 Å². The molecule has 0 radical (unpaired) electrons. The molecule has 2 fully saturated rings. The van der Waals surface area contributed by atoms with Crippen LogP contribution in [0, 0.1) is 0 Å². The molecule has 2 saturated heterocycles. The number of anilines is 1. The predicted octanol–water partition coefficient (Wildman–Crippen LogP) is 3.42. The molecule has 2 aromatic rings. The average Bonchev–Trinajstić information content (AvgIpc) is 3.18. The van der Waals surface area contributed by atoms with Crippen LogP contribution in [0.3, 0.4) is 0 Å². The molecule has 2 amide bonds. The Bertz CT molecular complexity index is 913. The molecule has 144 valence electrons.